The molecule has 0 aromatic rings. The Morgan fingerprint density at radius 2 is 1.85 bits per heavy atom. The topological polar surface area (TPSA) is 17.1 Å². The van der Waals surface area contributed by atoms with E-state index in [1.807, 2.05) is 6.08 Å². The summed E-state index contributed by atoms with van der Waals surface area (Å²) in [5.74, 6) is 0. The maximum Gasteiger partial charge on any atom is 0.222 e. The molecule has 0 radical (unpaired) electrons. The molecule has 0 spiro atoms. The van der Waals surface area contributed by atoms with Crippen molar-refractivity contribution in [2.24, 2.45) is 10.8 Å². The van der Waals surface area contributed by atoms with Gasteiger partial charge in [0.15, 0.2) is 0 Å². The van der Waals surface area contributed by atoms with E-state index in [0.717, 1.165) is 6.42 Å². The molecule has 2 heteroatoms. The molecule has 0 N–H and O–H groups in total. The van der Waals surface area contributed by atoms with Crippen LogP contribution in [0.25, 0.3) is 0 Å². The van der Waals surface area contributed by atoms with Crippen molar-refractivity contribution in [3.63, 3.8) is 0 Å². The summed E-state index contributed by atoms with van der Waals surface area (Å²) >= 11 is 5.37. The van der Waals surface area contributed by atoms with Crippen LogP contribution in [0.1, 0.15) is 40.5 Å². The van der Waals surface area contributed by atoms with E-state index in [2.05, 4.69) is 34.3 Å². The monoisotopic (exact) mass is 202 g/mol. The van der Waals surface area contributed by atoms with Crippen molar-refractivity contribution in [3.05, 3.63) is 12.7 Å². The van der Waals surface area contributed by atoms with Gasteiger partial charge in [-0.1, -0.05) is 33.8 Å². The third-order valence-electron chi connectivity index (χ3n) is 2.10. The van der Waals surface area contributed by atoms with Gasteiger partial charge in [-0.25, -0.2) is 0 Å². The molecule has 0 rings (SSSR count). The van der Waals surface area contributed by atoms with Gasteiger partial charge < -0.3 is 0 Å². The lowest BCUT2D eigenvalue weighted by molar-refractivity contribution is -0.113. The minimum Gasteiger partial charge on any atom is -0.281 e. The van der Waals surface area contributed by atoms with E-state index in [4.69, 9.17) is 11.6 Å². The molecule has 0 saturated carbocycles. The number of allylic oxidation sites excluding steroid dienone is 1. The fraction of sp³-hybridized carbons (Fsp3) is 0.727. The number of carbonyl (C=O) groups is 1. The Kier molecular flexibility index (Phi) is 4.18. The second-order valence-corrected chi connectivity index (χ2v) is 5.49. The fourth-order valence-corrected chi connectivity index (χ4v) is 2.11. The van der Waals surface area contributed by atoms with Crippen LogP contribution in [-0.2, 0) is 4.79 Å². The molecule has 0 aliphatic rings. The normalized spacial score (nSPS) is 12.7. The number of rotatable bonds is 5. The first-order valence-electron chi connectivity index (χ1n) is 4.50. The smallest absolute Gasteiger partial charge is 0.222 e. The average molecular weight is 203 g/mol. The van der Waals surface area contributed by atoms with E-state index in [1.54, 1.807) is 0 Å². The van der Waals surface area contributed by atoms with Crippen molar-refractivity contribution in [1.82, 2.24) is 0 Å². The molecule has 76 valence electrons. The van der Waals surface area contributed by atoms with Crippen molar-refractivity contribution >= 4 is 16.8 Å². The van der Waals surface area contributed by atoms with Gasteiger partial charge in [0.1, 0.15) is 0 Å². The van der Waals surface area contributed by atoms with Crippen LogP contribution in [0, 0.1) is 10.8 Å². The first kappa shape index (κ1) is 12.7. The molecule has 0 aromatic heterocycles. The molecular formula is C11H19ClO. The SMILES string of the molecule is C=CC(C)(C)CC(C)(C)CC(=O)Cl. The maximum atomic E-state index is 10.8. The molecule has 0 aromatic carbocycles. The van der Waals surface area contributed by atoms with Crippen molar-refractivity contribution in [2.75, 3.05) is 0 Å². The van der Waals surface area contributed by atoms with Gasteiger partial charge in [-0.15, -0.1) is 6.58 Å². The van der Waals surface area contributed by atoms with E-state index >= 15 is 0 Å². The zero-order valence-corrected chi connectivity index (χ0v) is 9.74. The minimum absolute atomic E-state index is 0.0451. The Morgan fingerprint density at radius 1 is 1.38 bits per heavy atom. The van der Waals surface area contributed by atoms with Gasteiger partial charge in [0.25, 0.3) is 0 Å². The highest BCUT2D eigenvalue weighted by molar-refractivity contribution is 6.63. The second kappa shape index (κ2) is 4.28. The van der Waals surface area contributed by atoms with Crippen LogP contribution in [0.2, 0.25) is 0 Å². The van der Waals surface area contributed by atoms with Crippen LogP contribution >= 0.6 is 11.6 Å². The highest BCUT2D eigenvalue weighted by atomic mass is 35.5. The summed E-state index contributed by atoms with van der Waals surface area (Å²) in [6, 6.07) is 0. The van der Waals surface area contributed by atoms with Gasteiger partial charge in [-0.3, -0.25) is 4.79 Å². The maximum absolute atomic E-state index is 10.8. The molecule has 0 amide bonds. The molecule has 0 saturated heterocycles. The van der Waals surface area contributed by atoms with Gasteiger partial charge in [0, 0.05) is 6.42 Å². The Balaban J connectivity index is 4.32. The summed E-state index contributed by atoms with van der Waals surface area (Å²) in [4.78, 5) is 10.8. The summed E-state index contributed by atoms with van der Waals surface area (Å²) in [6.07, 6.45) is 3.27. The molecule has 0 unspecified atom stereocenters. The van der Waals surface area contributed by atoms with E-state index in [0.29, 0.717) is 6.42 Å². The lowest BCUT2D eigenvalue weighted by Crippen LogP contribution is -2.23. The average Bonchev–Trinajstić information content (AvgIpc) is 1.81. The lowest BCUT2D eigenvalue weighted by atomic mass is 9.74. The lowest BCUT2D eigenvalue weighted by Gasteiger charge is -2.31. The first-order valence-corrected chi connectivity index (χ1v) is 4.88. The minimum atomic E-state index is -0.259. The number of carbonyl (C=O) groups excluding carboxylic acids is 1. The van der Waals surface area contributed by atoms with E-state index in [9.17, 15) is 4.79 Å². The first-order chi connectivity index (χ1) is 5.68. The number of halogens is 1. The van der Waals surface area contributed by atoms with Crippen molar-refractivity contribution in [1.29, 1.82) is 0 Å². The van der Waals surface area contributed by atoms with Gasteiger partial charge in [-0.05, 0) is 28.9 Å². The Morgan fingerprint density at radius 3 is 2.15 bits per heavy atom. The molecule has 0 atom stereocenters. The summed E-state index contributed by atoms with van der Waals surface area (Å²) in [7, 11) is 0. The predicted octanol–water partition coefficient (Wildman–Crippen LogP) is 3.77. The predicted molar refractivity (Wildman–Crippen MR) is 57.9 cm³/mol. The largest absolute Gasteiger partial charge is 0.281 e. The van der Waals surface area contributed by atoms with Crippen LogP contribution in [0.5, 0.6) is 0 Å². The molecule has 0 fully saturated rings. The van der Waals surface area contributed by atoms with Crippen molar-refractivity contribution in [3.8, 4) is 0 Å². The molecule has 0 bridgehead atoms. The zero-order valence-electron chi connectivity index (χ0n) is 8.98. The third kappa shape index (κ3) is 5.87. The van der Waals surface area contributed by atoms with E-state index in [-0.39, 0.29) is 16.1 Å². The van der Waals surface area contributed by atoms with Crippen molar-refractivity contribution in [2.45, 2.75) is 40.5 Å². The fourth-order valence-electron chi connectivity index (χ4n) is 1.74. The molecule has 0 aliphatic heterocycles. The highest BCUT2D eigenvalue weighted by Gasteiger charge is 2.28. The Bertz CT molecular complexity index is 204. The quantitative estimate of drug-likeness (QED) is 0.490. The van der Waals surface area contributed by atoms with Gasteiger partial charge in [0.05, 0.1) is 0 Å². The second-order valence-electron chi connectivity index (χ2n) is 5.07. The molecule has 1 nitrogen and oxygen atoms in total. The molecular weight excluding hydrogens is 184 g/mol. The summed E-state index contributed by atoms with van der Waals surface area (Å²) in [6.45, 7) is 12.1. The molecule has 0 aliphatic carbocycles. The number of hydrogen-bond acceptors (Lipinski definition) is 1. The van der Waals surface area contributed by atoms with Gasteiger partial charge in [-0.2, -0.15) is 0 Å². The zero-order chi connectivity index (χ0) is 10.7. The summed E-state index contributed by atoms with van der Waals surface area (Å²) in [5, 5.41) is -0.259. The summed E-state index contributed by atoms with van der Waals surface area (Å²) < 4.78 is 0. The molecule has 0 heterocycles. The van der Waals surface area contributed by atoms with Crippen molar-refractivity contribution < 1.29 is 4.79 Å². The Labute approximate surface area is 86.2 Å². The standard InChI is InChI=1S/C11H19ClO/c1-6-10(2,3)8-11(4,5)7-9(12)13/h6H,1,7-8H2,2-5H3. The van der Waals surface area contributed by atoms with Crippen LogP contribution in [-0.4, -0.2) is 5.24 Å². The summed E-state index contributed by atoms with van der Waals surface area (Å²) in [5.41, 5.74) is 0.0202. The molecule has 13 heavy (non-hydrogen) atoms. The van der Waals surface area contributed by atoms with Crippen LogP contribution in [0.3, 0.4) is 0 Å². The van der Waals surface area contributed by atoms with Crippen LogP contribution in [0.4, 0.5) is 0 Å². The van der Waals surface area contributed by atoms with E-state index < -0.39 is 0 Å². The third-order valence-corrected chi connectivity index (χ3v) is 2.24. The van der Waals surface area contributed by atoms with E-state index in [1.165, 1.54) is 0 Å². The highest BCUT2D eigenvalue weighted by Crippen LogP contribution is 2.37. The number of hydrogen-bond donors (Lipinski definition) is 0. The van der Waals surface area contributed by atoms with Crippen LogP contribution in [0.15, 0.2) is 12.7 Å². The van der Waals surface area contributed by atoms with Gasteiger partial charge >= 0.3 is 0 Å². The van der Waals surface area contributed by atoms with Gasteiger partial charge in [0.2, 0.25) is 5.24 Å². The Hall–Kier alpha value is -0.300. The van der Waals surface area contributed by atoms with Crippen LogP contribution < -0.4 is 0 Å².